The van der Waals surface area contributed by atoms with Gasteiger partial charge in [0.25, 0.3) is 0 Å². The summed E-state index contributed by atoms with van der Waals surface area (Å²) in [7, 11) is 0. The van der Waals surface area contributed by atoms with E-state index in [0.717, 1.165) is 30.0 Å². The minimum atomic E-state index is -1.16. The summed E-state index contributed by atoms with van der Waals surface area (Å²) in [5, 5.41) is 5.79. The number of carbonyl (C=O) groups excluding carboxylic acids is 2. The molecular weight excluding hydrogens is 364 g/mol. The van der Waals surface area contributed by atoms with E-state index in [-0.39, 0.29) is 24.3 Å². The van der Waals surface area contributed by atoms with Gasteiger partial charge in [0.1, 0.15) is 5.54 Å². The molecule has 0 bridgehead atoms. The van der Waals surface area contributed by atoms with Crippen LogP contribution in [0.15, 0.2) is 54.6 Å². The van der Waals surface area contributed by atoms with Gasteiger partial charge in [-0.1, -0.05) is 36.4 Å². The monoisotopic (exact) mass is 394 g/mol. The topological polar surface area (TPSA) is 87.5 Å². The molecule has 0 saturated carbocycles. The second kappa shape index (κ2) is 9.09. The van der Waals surface area contributed by atoms with Crippen molar-refractivity contribution in [3.63, 3.8) is 0 Å². The fraction of sp³-hybridized carbons (Fsp3) is 0.391. The molecule has 29 heavy (non-hydrogen) atoms. The van der Waals surface area contributed by atoms with Crippen molar-refractivity contribution >= 4 is 23.2 Å². The number of hydrogen-bond acceptors (Lipinski definition) is 4. The minimum Gasteiger partial charge on any atom is -0.371 e. The summed E-state index contributed by atoms with van der Waals surface area (Å²) in [6, 6.07) is 16.8. The van der Waals surface area contributed by atoms with Crippen molar-refractivity contribution < 1.29 is 9.59 Å². The van der Waals surface area contributed by atoms with Crippen molar-refractivity contribution in [3.05, 3.63) is 60.2 Å². The number of carbonyl (C=O) groups is 2. The molecule has 1 fully saturated rings. The molecule has 0 radical (unpaired) electrons. The van der Waals surface area contributed by atoms with Crippen LogP contribution in [-0.4, -0.2) is 30.9 Å². The Morgan fingerprint density at radius 2 is 1.79 bits per heavy atom. The number of nitrogens with zero attached hydrogens (tertiary/aromatic N) is 1. The lowest BCUT2D eigenvalue weighted by atomic mass is 9.92. The predicted molar refractivity (Wildman–Crippen MR) is 117 cm³/mol. The lowest BCUT2D eigenvalue weighted by Crippen LogP contribution is -2.51. The molecule has 6 nitrogen and oxygen atoms in total. The number of nitrogens with one attached hydrogen (secondary N) is 2. The highest BCUT2D eigenvalue weighted by molar-refractivity contribution is 5.92. The standard InChI is InChI=1S/C23H30N4O2/c1-17(25-22(29)23(2,24)18-9-4-3-5-10-18)15-21(28)26-19-11-8-12-20(16-19)27-13-6-7-14-27/h3-5,8-12,16-17H,6-7,13-15,24H2,1-2H3,(H,25,29)(H,26,28). The van der Waals surface area contributed by atoms with Crippen LogP contribution in [0.25, 0.3) is 0 Å². The van der Waals surface area contributed by atoms with E-state index in [1.165, 1.54) is 12.8 Å². The van der Waals surface area contributed by atoms with Gasteiger partial charge in [0.15, 0.2) is 0 Å². The van der Waals surface area contributed by atoms with Crippen LogP contribution in [0.3, 0.4) is 0 Å². The van der Waals surface area contributed by atoms with E-state index in [2.05, 4.69) is 21.6 Å². The molecule has 0 aromatic heterocycles. The van der Waals surface area contributed by atoms with Crippen LogP contribution in [0.1, 0.15) is 38.7 Å². The molecule has 3 rings (SSSR count). The molecule has 0 spiro atoms. The van der Waals surface area contributed by atoms with Crippen molar-refractivity contribution in [2.24, 2.45) is 5.73 Å². The summed E-state index contributed by atoms with van der Waals surface area (Å²) in [5.74, 6) is -0.449. The van der Waals surface area contributed by atoms with E-state index in [1.807, 2.05) is 48.5 Å². The number of hydrogen-bond donors (Lipinski definition) is 3. The molecule has 2 aromatic rings. The van der Waals surface area contributed by atoms with Gasteiger partial charge in [-0.2, -0.15) is 0 Å². The van der Waals surface area contributed by atoms with Crippen molar-refractivity contribution in [3.8, 4) is 0 Å². The highest BCUT2D eigenvalue weighted by Gasteiger charge is 2.31. The van der Waals surface area contributed by atoms with Gasteiger partial charge in [-0.3, -0.25) is 9.59 Å². The van der Waals surface area contributed by atoms with Crippen LogP contribution < -0.4 is 21.3 Å². The van der Waals surface area contributed by atoms with E-state index < -0.39 is 5.54 Å². The molecule has 2 aromatic carbocycles. The fourth-order valence-corrected chi connectivity index (χ4v) is 3.59. The molecule has 1 aliphatic heterocycles. The van der Waals surface area contributed by atoms with Crippen LogP contribution in [0.5, 0.6) is 0 Å². The highest BCUT2D eigenvalue weighted by atomic mass is 16.2. The van der Waals surface area contributed by atoms with Crippen LogP contribution in [0.4, 0.5) is 11.4 Å². The summed E-state index contributed by atoms with van der Waals surface area (Å²) >= 11 is 0. The normalized spacial score (nSPS) is 16.7. The second-order valence-electron chi connectivity index (χ2n) is 7.94. The predicted octanol–water partition coefficient (Wildman–Crippen LogP) is 2.99. The average molecular weight is 395 g/mol. The summed E-state index contributed by atoms with van der Waals surface area (Å²) < 4.78 is 0. The molecule has 1 heterocycles. The van der Waals surface area contributed by atoms with E-state index in [1.54, 1.807) is 13.8 Å². The Balaban J connectivity index is 1.54. The SMILES string of the molecule is CC(CC(=O)Nc1cccc(N2CCCC2)c1)NC(=O)C(C)(N)c1ccccc1. The number of nitrogens with two attached hydrogens (primary N) is 1. The van der Waals surface area contributed by atoms with E-state index >= 15 is 0 Å². The Bertz CT molecular complexity index is 845. The van der Waals surface area contributed by atoms with E-state index in [4.69, 9.17) is 5.73 Å². The van der Waals surface area contributed by atoms with Gasteiger partial charge in [-0.15, -0.1) is 0 Å². The smallest absolute Gasteiger partial charge is 0.244 e. The van der Waals surface area contributed by atoms with Gasteiger partial charge >= 0.3 is 0 Å². The van der Waals surface area contributed by atoms with Gasteiger partial charge in [0, 0.05) is 36.9 Å². The molecule has 0 aliphatic carbocycles. The summed E-state index contributed by atoms with van der Waals surface area (Å²) in [6.07, 6.45) is 2.58. The molecule has 2 atom stereocenters. The Morgan fingerprint density at radius 1 is 1.10 bits per heavy atom. The largest absolute Gasteiger partial charge is 0.371 e. The molecule has 154 valence electrons. The molecule has 4 N–H and O–H groups in total. The third-order valence-electron chi connectivity index (χ3n) is 5.32. The van der Waals surface area contributed by atoms with Gasteiger partial charge < -0.3 is 21.3 Å². The minimum absolute atomic E-state index is 0.144. The quantitative estimate of drug-likeness (QED) is 0.674. The maximum atomic E-state index is 12.6. The average Bonchev–Trinajstić information content (AvgIpc) is 3.23. The van der Waals surface area contributed by atoms with Crippen LogP contribution >= 0.6 is 0 Å². The van der Waals surface area contributed by atoms with Crippen molar-refractivity contribution in [1.29, 1.82) is 0 Å². The molecule has 2 unspecified atom stereocenters. The molecule has 6 heteroatoms. The Hall–Kier alpha value is -2.86. The third-order valence-corrected chi connectivity index (χ3v) is 5.32. The van der Waals surface area contributed by atoms with Crippen molar-refractivity contribution in [2.45, 2.75) is 44.7 Å². The zero-order chi connectivity index (χ0) is 20.9. The zero-order valence-corrected chi connectivity index (χ0v) is 17.2. The van der Waals surface area contributed by atoms with Gasteiger partial charge in [0.2, 0.25) is 11.8 Å². The maximum absolute atomic E-state index is 12.6. The Labute approximate surface area is 172 Å². The zero-order valence-electron chi connectivity index (χ0n) is 17.2. The van der Waals surface area contributed by atoms with E-state index in [0.29, 0.717) is 0 Å². The van der Waals surface area contributed by atoms with Gasteiger partial charge in [0.05, 0.1) is 0 Å². The Kier molecular flexibility index (Phi) is 6.54. The molecular formula is C23H30N4O2. The molecule has 1 saturated heterocycles. The fourth-order valence-electron chi connectivity index (χ4n) is 3.59. The van der Waals surface area contributed by atoms with Crippen molar-refractivity contribution in [1.82, 2.24) is 5.32 Å². The van der Waals surface area contributed by atoms with Crippen LogP contribution in [-0.2, 0) is 15.1 Å². The maximum Gasteiger partial charge on any atom is 0.244 e. The van der Waals surface area contributed by atoms with Crippen molar-refractivity contribution in [2.75, 3.05) is 23.3 Å². The molecule has 1 aliphatic rings. The van der Waals surface area contributed by atoms with Gasteiger partial charge in [-0.05, 0) is 50.5 Å². The van der Waals surface area contributed by atoms with E-state index in [9.17, 15) is 9.59 Å². The number of amides is 2. The molecule has 2 amide bonds. The number of rotatable bonds is 7. The third kappa shape index (κ3) is 5.35. The first-order valence-corrected chi connectivity index (χ1v) is 10.2. The van der Waals surface area contributed by atoms with Crippen LogP contribution in [0, 0.1) is 0 Å². The Morgan fingerprint density at radius 3 is 2.48 bits per heavy atom. The summed E-state index contributed by atoms with van der Waals surface area (Å²) in [6.45, 7) is 5.59. The first-order chi connectivity index (χ1) is 13.9. The number of anilines is 2. The van der Waals surface area contributed by atoms with Crippen LogP contribution in [0.2, 0.25) is 0 Å². The lowest BCUT2D eigenvalue weighted by molar-refractivity contribution is -0.127. The number of benzene rings is 2. The van der Waals surface area contributed by atoms with Gasteiger partial charge in [-0.25, -0.2) is 0 Å². The highest BCUT2D eigenvalue weighted by Crippen LogP contribution is 2.23. The first kappa shape index (κ1) is 20.9. The summed E-state index contributed by atoms with van der Waals surface area (Å²) in [4.78, 5) is 27.4. The lowest BCUT2D eigenvalue weighted by Gasteiger charge is -2.26. The first-order valence-electron chi connectivity index (χ1n) is 10.2. The second-order valence-corrected chi connectivity index (χ2v) is 7.94. The summed E-state index contributed by atoms with van der Waals surface area (Å²) in [5.41, 5.74) is 7.71.